The summed E-state index contributed by atoms with van der Waals surface area (Å²) in [6.07, 6.45) is 9.97. The van der Waals surface area contributed by atoms with Gasteiger partial charge in [-0.3, -0.25) is 0 Å². The number of allylic oxidation sites excluding steroid dienone is 4. The Morgan fingerprint density at radius 2 is 1.26 bits per heavy atom. The van der Waals surface area contributed by atoms with Crippen LogP contribution >= 0.6 is 15.5 Å². The van der Waals surface area contributed by atoms with Crippen molar-refractivity contribution in [3.05, 3.63) is 133 Å². The minimum Gasteiger partial charge on any atom is -0.201 e. The Morgan fingerprint density at radius 3 is 1.84 bits per heavy atom. The second kappa shape index (κ2) is 9.49. The third-order valence-electron chi connectivity index (χ3n) is 5.43. The van der Waals surface area contributed by atoms with Gasteiger partial charge in [-0.1, -0.05) is 105 Å². The Morgan fingerprint density at radius 1 is 0.645 bits per heavy atom. The lowest BCUT2D eigenvalue weighted by Crippen LogP contribution is -2.20. The van der Waals surface area contributed by atoms with Crippen LogP contribution in [-0.4, -0.2) is 5.29 Å². The average molecular weight is 434 g/mol. The van der Waals surface area contributed by atoms with E-state index in [4.69, 9.17) is 0 Å². The number of rotatable bonds is 5. The molecule has 0 heterocycles. The largest absolute Gasteiger partial charge is 0.201 e. The fourth-order valence-corrected chi connectivity index (χ4v) is 8.90. The highest BCUT2D eigenvalue weighted by molar-refractivity contribution is 7.80. The molecule has 0 aliphatic heterocycles. The van der Waals surface area contributed by atoms with Gasteiger partial charge in [-0.2, -0.15) is 5.30 Å². The fraction of sp³-hybridized carbons (Fsp3) is 0.0345. The predicted molar refractivity (Wildman–Crippen MR) is 141 cm³/mol. The molecule has 1 aliphatic rings. The van der Waals surface area contributed by atoms with Crippen molar-refractivity contribution in [2.45, 2.75) is 6.42 Å². The molecule has 0 bridgehead atoms. The van der Waals surface area contributed by atoms with Crippen LogP contribution in [0.15, 0.2) is 133 Å². The van der Waals surface area contributed by atoms with E-state index in [1.54, 1.807) is 0 Å². The molecule has 2 heteroatoms. The highest BCUT2D eigenvalue weighted by Crippen LogP contribution is 2.35. The van der Waals surface area contributed by atoms with E-state index in [1.165, 1.54) is 31.8 Å². The summed E-state index contributed by atoms with van der Waals surface area (Å²) in [6, 6.07) is 40.1. The summed E-state index contributed by atoms with van der Waals surface area (Å²) in [5.41, 5.74) is 0. The molecule has 0 radical (unpaired) electrons. The highest BCUT2D eigenvalue weighted by atomic mass is 31.1. The van der Waals surface area contributed by atoms with Crippen LogP contribution in [0.4, 0.5) is 0 Å². The van der Waals surface area contributed by atoms with Crippen LogP contribution in [0.25, 0.3) is 0 Å². The summed E-state index contributed by atoms with van der Waals surface area (Å²) in [6.45, 7) is 0. The predicted octanol–water partition coefficient (Wildman–Crippen LogP) is 5.28. The maximum Gasteiger partial charge on any atom is 0.142 e. The van der Waals surface area contributed by atoms with E-state index in [1.807, 2.05) is 0 Å². The van der Waals surface area contributed by atoms with Gasteiger partial charge in [0.2, 0.25) is 0 Å². The zero-order chi connectivity index (χ0) is 20.9. The Hall–Kier alpha value is -2.91. The standard InChI is InChI=1S/C29H24P2/c1-5-13-24(14-6-1)30(25-15-7-2-8-16-25)28-21-22-29(23-28)31(26-17-9-3-10-18-26)27-19-11-4-12-20-27/h1-19,21-23H,20H2. The monoisotopic (exact) mass is 434 g/mol. The van der Waals surface area contributed by atoms with Crippen molar-refractivity contribution in [3.63, 3.8) is 0 Å². The lowest BCUT2D eigenvalue weighted by atomic mass is 10.2. The lowest BCUT2D eigenvalue weighted by molar-refractivity contribution is 1.50. The van der Waals surface area contributed by atoms with Crippen LogP contribution in [-0.2, 0) is 0 Å². The molecule has 150 valence electrons. The molecule has 1 unspecified atom stereocenters. The van der Waals surface area contributed by atoms with E-state index >= 15 is 0 Å². The van der Waals surface area contributed by atoms with Gasteiger partial charge < -0.3 is 0 Å². The molecule has 5 rings (SSSR count). The first-order valence-corrected chi connectivity index (χ1v) is 13.3. The van der Waals surface area contributed by atoms with E-state index in [0.29, 0.717) is 0 Å². The van der Waals surface area contributed by atoms with Gasteiger partial charge in [0.1, 0.15) is 18.1 Å². The number of hydrogen-bond donors (Lipinski definition) is 0. The second-order valence-electron chi connectivity index (χ2n) is 7.49. The third-order valence-corrected chi connectivity index (χ3v) is 10.4. The maximum absolute atomic E-state index is 2.48. The molecule has 31 heavy (non-hydrogen) atoms. The summed E-state index contributed by atoms with van der Waals surface area (Å²) in [5, 5.41) is 8.63. The molecular formula is C29H24P2. The third kappa shape index (κ3) is 4.42. The van der Waals surface area contributed by atoms with Gasteiger partial charge in [-0.05, 0) is 28.8 Å². The summed E-state index contributed by atoms with van der Waals surface area (Å²) in [7, 11) is -1.09. The molecule has 1 atom stereocenters. The molecule has 4 aromatic rings. The Bertz CT molecular complexity index is 1190. The zero-order valence-electron chi connectivity index (χ0n) is 17.3. The van der Waals surface area contributed by atoms with Crippen molar-refractivity contribution in [2.75, 3.05) is 0 Å². The molecule has 0 amide bonds. The SMILES string of the molecule is C1=CCC(=[P+](c2ccccc2)[c-]2ccc(P(c3ccccc3)c3ccccc3)c2)C=C1. The maximum atomic E-state index is 2.48. The minimum atomic E-state index is -0.567. The van der Waals surface area contributed by atoms with Crippen molar-refractivity contribution in [1.82, 2.24) is 0 Å². The quantitative estimate of drug-likeness (QED) is 0.296. The molecule has 0 saturated carbocycles. The van der Waals surface area contributed by atoms with E-state index in [0.717, 1.165) is 6.42 Å². The van der Waals surface area contributed by atoms with Crippen molar-refractivity contribution in [1.29, 1.82) is 0 Å². The first-order chi connectivity index (χ1) is 15.4. The Kier molecular flexibility index (Phi) is 6.13. The van der Waals surface area contributed by atoms with Gasteiger partial charge in [0.25, 0.3) is 0 Å². The highest BCUT2D eigenvalue weighted by Gasteiger charge is 2.21. The van der Waals surface area contributed by atoms with Crippen LogP contribution < -0.4 is 26.5 Å². The van der Waals surface area contributed by atoms with E-state index in [9.17, 15) is 0 Å². The van der Waals surface area contributed by atoms with E-state index in [-0.39, 0.29) is 0 Å². The van der Waals surface area contributed by atoms with E-state index < -0.39 is 15.5 Å². The van der Waals surface area contributed by atoms with Gasteiger partial charge in [-0.15, -0.1) is 12.1 Å². The zero-order valence-corrected chi connectivity index (χ0v) is 19.1. The first kappa shape index (κ1) is 20.0. The fourth-order valence-electron chi connectivity index (χ4n) is 4.02. The van der Waals surface area contributed by atoms with Gasteiger partial charge in [-0.25, -0.2) is 6.07 Å². The van der Waals surface area contributed by atoms with Crippen LogP contribution in [0, 0.1) is 0 Å². The van der Waals surface area contributed by atoms with Crippen LogP contribution in [0.1, 0.15) is 6.42 Å². The van der Waals surface area contributed by atoms with E-state index in [2.05, 4.69) is 133 Å². The van der Waals surface area contributed by atoms with Crippen molar-refractivity contribution >= 4 is 47.3 Å². The molecule has 1 aliphatic carbocycles. The summed E-state index contributed by atoms with van der Waals surface area (Å²) >= 11 is 0. The molecule has 0 saturated heterocycles. The normalized spacial score (nSPS) is 14.7. The van der Waals surface area contributed by atoms with Crippen LogP contribution in [0.3, 0.4) is 0 Å². The minimum absolute atomic E-state index is 0.522. The molecule has 0 N–H and O–H groups in total. The summed E-state index contributed by atoms with van der Waals surface area (Å²) in [5.74, 6) is 0. The molecule has 4 aromatic carbocycles. The average Bonchev–Trinajstić information content (AvgIpc) is 3.31. The number of hydrogen-bond acceptors (Lipinski definition) is 0. The van der Waals surface area contributed by atoms with Crippen molar-refractivity contribution in [3.8, 4) is 0 Å². The lowest BCUT2D eigenvalue weighted by Gasteiger charge is -2.23. The Balaban J connectivity index is 1.63. The van der Waals surface area contributed by atoms with Gasteiger partial charge in [0.05, 0.1) is 0 Å². The van der Waals surface area contributed by atoms with Crippen LogP contribution in [0.2, 0.25) is 0 Å². The summed E-state index contributed by atoms with van der Waals surface area (Å²) < 4.78 is 0. The molecule has 0 fully saturated rings. The topological polar surface area (TPSA) is 0 Å². The molecular weight excluding hydrogens is 410 g/mol. The second-order valence-corrected chi connectivity index (χ2v) is 12.0. The summed E-state index contributed by atoms with van der Waals surface area (Å²) in [4.78, 5) is 0. The van der Waals surface area contributed by atoms with Crippen molar-refractivity contribution in [2.24, 2.45) is 0 Å². The smallest absolute Gasteiger partial charge is 0.142 e. The van der Waals surface area contributed by atoms with Crippen molar-refractivity contribution < 1.29 is 0 Å². The van der Waals surface area contributed by atoms with Gasteiger partial charge in [0, 0.05) is 11.7 Å². The first-order valence-electron chi connectivity index (χ1n) is 10.6. The molecule has 0 spiro atoms. The van der Waals surface area contributed by atoms with Gasteiger partial charge >= 0.3 is 0 Å². The van der Waals surface area contributed by atoms with Gasteiger partial charge in [0.15, 0.2) is 0 Å². The Labute approximate surface area is 187 Å². The van der Waals surface area contributed by atoms with Crippen LogP contribution in [0.5, 0.6) is 0 Å². The molecule has 0 aromatic heterocycles. The number of benzene rings is 3. The molecule has 0 nitrogen and oxygen atoms in total.